The van der Waals surface area contributed by atoms with E-state index >= 15 is 0 Å². The van der Waals surface area contributed by atoms with Crippen LogP contribution in [-0.4, -0.2) is 46.8 Å². The lowest BCUT2D eigenvalue weighted by molar-refractivity contribution is 0.0179. The number of halogens is 1. The topological polar surface area (TPSA) is 62.9 Å². The minimum Gasteiger partial charge on any atom is -0.491 e. The van der Waals surface area contributed by atoms with Crippen molar-refractivity contribution in [3.05, 3.63) is 29.6 Å². The van der Waals surface area contributed by atoms with Crippen LogP contribution < -0.4 is 10.5 Å². The van der Waals surface area contributed by atoms with Crippen LogP contribution in [0.5, 0.6) is 5.75 Å². The van der Waals surface area contributed by atoms with Gasteiger partial charge >= 0.3 is 0 Å². The maximum atomic E-state index is 13.0. The van der Waals surface area contributed by atoms with Crippen LogP contribution in [-0.2, 0) is 20.8 Å². The Balaban J connectivity index is 2.09. The van der Waals surface area contributed by atoms with E-state index in [1.165, 1.54) is 12.1 Å². The van der Waals surface area contributed by atoms with Gasteiger partial charge in [0.05, 0.1) is 33.0 Å². The summed E-state index contributed by atoms with van der Waals surface area (Å²) in [5.74, 6) is 0.274. The zero-order valence-corrected chi connectivity index (χ0v) is 11.8. The highest BCUT2D eigenvalue weighted by molar-refractivity contribution is 5.33. The van der Waals surface area contributed by atoms with Gasteiger partial charge in [-0.05, 0) is 18.2 Å². The van der Waals surface area contributed by atoms with Crippen molar-refractivity contribution in [3.8, 4) is 5.75 Å². The molecule has 114 valence electrons. The molecular weight excluding hydrogens is 265 g/mol. The average Bonchev–Trinajstić information content (AvgIpc) is 2.46. The Morgan fingerprint density at radius 1 is 1.00 bits per heavy atom. The maximum Gasteiger partial charge on any atom is 0.124 e. The van der Waals surface area contributed by atoms with Crippen LogP contribution in [0.1, 0.15) is 5.56 Å². The third-order valence-electron chi connectivity index (χ3n) is 2.53. The van der Waals surface area contributed by atoms with E-state index in [2.05, 4.69) is 0 Å². The molecule has 0 aliphatic rings. The van der Waals surface area contributed by atoms with Crippen LogP contribution in [0.2, 0.25) is 0 Å². The molecule has 0 heterocycles. The van der Waals surface area contributed by atoms with Crippen LogP contribution in [0.3, 0.4) is 0 Å². The minimum absolute atomic E-state index is 0.237. The van der Waals surface area contributed by atoms with Gasteiger partial charge in [-0.25, -0.2) is 4.39 Å². The lowest BCUT2D eigenvalue weighted by Crippen LogP contribution is -2.13. The summed E-state index contributed by atoms with van der Waals surface area (Å²) >= 11 is 0. The van der Waals surface area contributed by atoms with Crippen LogP contribution in [0.15, 0.2) is 18.2 Å². The number of methoxy groups -OCH3 is 1. The molecule has 0 fully saturated rings. The van der Waals surface area contributed by atoms with Gasteiger partial charge in [0.25, 0.3) is 0 Å². The highest BCUT2D eigenvalue weighted by atomic mass is 19.1. The van der Waals surface area contributed by atoms with Crippen molar-refractivity contribution in [1.29, 1.82) is 0 Å². The highest BCUT2D eigenvalue weighted by Crippen LogP contribution is 2.18. The van der Waals surface area contributed by atoms with E-state index in [1.807, 2.05) is 0 Å². The summed E-state index contributed by atoms with van der Waals surface area (Å²) in [5.41, 5.74) is 6.17. The van der Waals surface area contributed by atoms with Crippen LogP contribution in [0.4, 0.5) is 4.39 Å². The van der Waals surface area contributed by atoms with Crippen LogP contribution in [0.25, 0.3) is 0 Å². The molecule has 0 unspecified atom stereocenters. The molecule has 20 heavy (non-hydrogen) atoms. The normalized spacial score (nSPS) is 10.8. The lowest BCUT2D eigenvalue weighted by atomic mass is 10.2. The predicted molar refractivity (Wildman–Crippen MR) is 73.3 cm³/mol. The SMILES string of the molecule is COCCOCCOCCOc1ccc(F)cc1CN. The first kappa shape index (κ1) is 16.8. The van der Waals surface area contributed by atoms with Crippen molar-refractivity contribution in [3.63, 3.8) is 0 Å². The predicted octanol–water partition coefficient (Wildman–Crippen LogP) is 1.34. The number of benzene rings is 1. The van der Waals surface area contributed by atoms with Gasteiger partial charge in [-0.3, -0.25) is 0 Å². The van der Waals surface area contributed by atoms with E-state index in [4.69, 9.17) is 24.7 Å². The van der Waals surface area contributed by atoms with E-state index in [9.17, 15) is 4.39 Å². The molecule has 2 N–H and O–H groups in total. The average molecular weight is 287 g/mol. The Morgan fingerprint density at radius 3 is 2.30 bits per heavy atom. The zero-order chi connectivity index (χ0) is 14.6. The monoisotopic (exact) mass is 287 g/mol. The van der Waals surface area contributed by atoms with Gasteiger partial charge < -0.3 is 24.7 Å². The Kier molecular flexibility index (Phi) is 8.90. The summed E-state index contributed by atoms with van der Waals surface area (Å²) < 4.78 is 33.9. The van der Waals surface area contributed by atoms with Crippen molar-refractivity contribution in [2.75, 3.05) is 46.8 Å². The Morgan fingerprint density at radius 2 is 1.65 bits per heavy atom. The molecule has 0 amide bonds. The molecular formula is C14H22FNO4. The standard InChI is InChI=1S/C14H22FNO4/c1-17-4-5-18-6-7-19-8-9-20-14-3-2-13(15)10-12(14)11-16/h2-3,10H,4-9,11,16H2,1H3. The molecule has 0 radical (unpaired) electrons. The third-order valence-corrected chi connectivity index (χ3v) is 2.53. The summed E-state index contributed by atoms with van der Waals surface area (Å²) in [5, 5.41) is 0. The van der Waals surface area contributed by atoms with Crippen molar-refractivity contribution in [2.24, 2.45) is 5.73 Å². The Hall–Kier alpha value is -1.21. The van der Waals surface area contributed by atoms with Crippen molar-refractivity contribution in [1.82, 2.24) is 0 Å². The summed E-state index contributed by atoms with van der Waals surface area (Å²) in [6, 6.07) is 4.30. The van der Waals surface area contributed by atoms with Crippen LogP contribution in [0, 0.1) is 5.82 Å². The fraction of sp³-hybridized carbons (Fsp3) is 0.571. The lowest BCUT2D eigenvalue weighted by Gasteiger charge is -2.11. The molecule has 0 atom stereocenters. The number of hydrogen-bond donors (Lipinski definition) is 1. The number of rotatable bonds is 11. The quantitative estimate of drug-likeness (QED) is 0.622. The van der Waals surface area contributed by atoms with Gasteiger partial charge in [0.1, 0.15) is 18.2 Å². The number of ether oxygens (including phenoxy) is 4. The molecule has 6 heteroatoms. The maximum absolute atomic E-state index is 13.0. The zero-order valence-electron chi connectivity index (χ0n) is 11.8. The fourth-order valence-corrected chi connectivity index (χ4v) is 1.52. The second-order valence-corrected chi connectivity index (χ2v) is 4.02. The van der Waals surface area contributed by atoms with Crippen LogP contribution >= 0.6 is 0 Å². The van der Waals surface area contributed by atoms with E-state index < -0.39 is 0 Å². The van der Waals surface area contributed by atoms with Gasteiger partial charge in [0.2, 0.25) is 0 Å². The van der Waals surface area contributed by atoms with E-state index in [1.54, 1.807) is 13.2 Å². The largest absolute Gasteiger partial charge is 0.491 e. The first-order valence-electron chi connectivity index (χ1n) is 6.53. The van der Waals surface area contributed by atoms with Gasteiger partial charge in [0.15, 0.2) is 0 Å². The first-order chi connectivity index (χ1) is 9.77. The second-order valence-electron chi connectivity index (χ2n) is 4.02. The molecule has 0 spiro atoms. The second kappa shape index (κ2) is 10.6. The Bertz CT molecular complexity index is 376. The van der Waals surface area contributed by atoms with E-state index in [-0.39, 0.29) is 12.4 Å². The van der Waals surface area contributed by atoms with Gasteiger partial charge in [0, 0.05) is 19.2 Å². The smallest absolute Gasteiger partial charge is 0.124 e. The summed E-state index contributed by atoms with van der Waals surface area (Å²) in [4.78, 5) is 0. The summed E-state index contributed by atoms with van der Waals surface area (Å²) in [6.45, 7) is 3.22. The molecule has 0 saturated carbocycles. The molecule has 0 aromatic heterocycles. The van der Waals surface area contributed by atoms with E-state index in [0.717, 1.165) is 0 Å². The molecule has 0 bridgehead atoms. The molecule has 5 nitrogen and oxygen atoms in total. The number of nitrogens with two attached hydrogens (primary N) is 1. The third kappa shape index (κ3) is 6.81. The molecule has 0 aliphatic carbocycles. The molecule has 0 saturated heterocycles. The molecule has 1 aromatic carbocycles. The van der Waals surface area contributed by atoms with Gasteiger partial charge in [-0.2, -0.15) is 0 Å². The highest BCUT2D eigenvalue weighted by Gasteiger charge is 2.03. The van der Waals surface area contributed by atoms with Gasteiger partial charge in [-0.1, -0.05) is 0 Å². The van der Waals surface area contributed by atoms with Gasteiger partial charge in [-0.15, -0.1) is 0 Å². The summed E-state index contributed by atoms with van der Waals surface area (Å²) in [7, 11) is 1.63. The minimum atomic E-state index is -0.317. The van der Waals surface area contributed by atoms with Crippen molar-refractivity contribution < 1.29 is 23.3 Å². The Labute approximate surface area is 118 Å². The molecule has 1 rings (SSSR count). The van der Waals surface area contributed by atoms with Crippen molar-refractivity contribution in [2.45, 2.75) is 6.54 Å². The summed E-state index contributed by atoms with van der Waals surface area (Å²) in [6.07, 6.45) is 0. The number of hydrogen-bond acceptors (Lipinski definition) is 5. The fourth-order valence-electron chi connectivity index (χ4n) is 1.52. The van der Waals surface area contributed by atoms with E-state index in [0.29, 0.717) is 51.0 Å². The first-order valence-corrected chi connectivity index (χ1v) is 6.53. The molecule has 1 aromatic rings. The van der Waals surface area contributed by atoms with Crippen molar-refractivity contribution >= 4 is 0 Å². The molecule has 0 aliphatic heterocycles.